The molecule has 0 bridgehead atoms. The maximum Gasteiger partial charge on any atom is 0.274 e. The van der Waals surface area contributed by atoms with Crippen LogP contribution in [0.4, 0.5) is 0 Å². The van der Waals surface area contributed by atoms with Gasteiger partial charge in [0.25, 0.3) is 10.0 Å². The van der Waals surface area contributed by atoms with Crippen molar-refractivity contribution in [3.63, 3.8) is 0 Å². The number of aromatic nitrogens is 2. The second-order valence-electron chi connectivity index (χ2n) is 3.93. The molecule has 0 unspecified atom stereocenters. The molecule has 0 aliphatic rings. The molecule has 0 radical (unpaired) electrons. The molecular weight excluding hydrogens is 268 g/mol. The summed E-state index contributed by atoms with van der Waals surface area (Å²) in [6.07, 6.45) is 3.18. The number of nitrogens with zero attached hydrogens (tertiary/aromatic N) is 1. The third-order valence-corrected chi connectivity index (χ3v) is 3.75. The first kappa shape index (κ1) is 13.8. The number of hydrogen-bond donors (Lipinski definition) is 3. The Morgan fingerprint density at radius 3 is 2.89 bits per heavy atom. The first-order valence-corrected chi connectivity index (χ1v) is 7.37. The lowest BCUT2D eigenvalue weighted by atomic mass is 10.4. The van der Waals surface area contributed by atoms with Gasteiger partial charge in [-0.2, -0.15) is 5.10 Å². The van der Waals surface area contributed by atoms with Gasteiger partial charge < -0.3 is 9.73 Å². The number of rotatable bonds is 7. The molecule has 7 nitrogen and oxygen atoms in total. The van der Waals surface area contributed by atoms with Gasteiger partial charge >= 0.3 is 0 Å². The Bertz CT molecular complexity index is 604. The second kappa shape index (κ2) is 6.00. The minimum absolute atomic E-state index is 0.0797. The summed E-state index contributed by atoms with van der Waals surface area (Å²) in [4.78, 5) is 0. The van der Waals surface area contributed by atoms with E-state index in [1.807, 2.05) is 6.92 Å². The molecule has 2 aromatic rings. The molecule has 2 rings (SSSR count). The maximum absolute atomic E-state index is 12.0. The van der Waals surface area contributed by atoms with Gasteiger partial charge in [-0.15, -0.1) is 0 Å². The highest BCUT2D eigenvalue weighted by atomic mass is 32.2. The molecule has 3 N–H and O–H groups in total. The highest BCUT2D eigenvalue weighted by Gasteiger charge is 2.18. The van der Waals surface area contributed by atoms with Gasteiger partial charge in [0.1, 0.15) is 5.76 Å². The summed E-state index contributed by atoms with van der Waals surface area (Å²) in [5.74, 6) is 0.588. The van der Waals surface area contributed by atoms with Crippen LogP contribution in [0.25, 0.3) is 0 Å². The molecule has 2 heterocycles. The second-order valence-corrected chi connectivity index (χ2v) is 5.63. The van der Waals surface area contributed by atoms with Gasteiger partial charge in [0, 0.05) is 18.3 Å². The molecule has 0 atom stereocenters. The molecule has 0 spiro atoms. The van der Waals surface area contributed by atoms with Gasteiger partial charge in [-0.1, -0.05) is 6.92 Å². The van der Waals surface area contributed by atoms with E-state index in [1.165, 1.54) is 6.07 Å². The van der Waals surface area contributed by atoms with Crippen LogP contribution in [-0.2, 0) is 23.1 Å². The van der Waals surface area contributed by atoms with Crippen LogP contribution in [0.15, 0.2) is 34.0 Å². The van der Waals surface area contributed by atoms with Gasteiger partial charge in [-0.25, -0.2) is 13.1 Å². The van der Waals surface area contributed by atoms with Crippen LogP contribution in [0.5, 0.6) is 0 Å². The van der Waals surface area contributed by atoms with Gasteiger partial charge in [0.05, 0.1) is 12.7 Å². The standard InChI is InChI=1S/C11H16N4O3S/c1-2-12-8-10-3-4-11(18-10)19(16,17)15-7-9-5-13-14-6-9/h3-6,12,15H,2,7-8H2,1H3,(H,13,14). The Kier molecular flexibility index (Phi) is 4.35. The van der Waals surface area contributed by atoms with Crippen molar-refractivity contribution in [2.75, 3.05) is 6.54 Å². The Hall–Kier alpha value is -1.64. The predicted molar refractivity (Wildman–Crippen MR) is 68.7 cm³/mol. The first-order valence-electron chi connectivity index (χ1n) is 5.88. The van der Waals surface area contributed by atoms with Crippen molar-refractivity contribution >= 4 is 10.0 Å². The van der Waals surface area contributed by atoms with E-state index in [0.29, 0.717) is 12.3 Å². The summed E-state index contributed by atoms with van der Waals surface area (Å²) in [5.41, 5.74) is 0.753. The van der Waals surface area contributed by atoms with Crippen molar-refractivity contribution < 1.29 is 12.8 Å². The first-order chi connectivity index (χ1) is 9.12. The van der Waals surface area contributed by atoms with Crippen molar-refractivity contribution in [3.05, 3.63) is 35.9 Å². The van der Waals surface area contributed by atoms with E-state index in [1.54, 1.807) is 18.5 Å². The average molecular weight is 284 g/mol. The molecule has 0 saturated heterocycles. The lowest BCUT2D eigenvalue weighted by Crippen LogP contribution is -2.22. The van der Waals surface area contributed by atoms with E-state index in [9.17, 15) is 8.42 Å². The SMILES string of the molecule is CCNCc1ccc(S(=O)(=O)NCc2cn[nH]c2)o1. The molecule has 0 aromatic carbocycles. The van der Waals surface area contributed by atoms with E-state index in [0.717, 1.165) is 12.1 Å². The number of hydrogen-bond acceptors (Lipinski definition) is 5. The Morgan fingerprint density at radius 2 is 2.21 bits per heavy atom. The smallest absolute Gasteiger partial charge is 0.274 e. The third-order valence-electron chi connectivity index (χ3n) is 2.47. The number of H-pyrrole nitrogens is 1. The summed E-state index contributed by atoms with van der Waals surface area (Å²) in [6, 6.07) is 3.10. The van der Waals surface area contributed by atoms with Crippen LogP contribution in [0.2, 0.25) is 0 Å². The maximum atomic E-state index is 12.0. The third kappa shape index (κ3) is 3.66. The Labute approximate surface area is 111 Å². The summed E-state index contributed by atoms with van der Waals surface area (Å²) in [6.45, 7) is 3.43. The van der Waals surface area contributed by atoms with Crippen LogP contribution >= 0.6 is 0 Å². The molecule has 0 fully saturated rings. The van der Waals surface area contributed by atoms with Gasteiger partial charge in [-0.3, -0.25) is 5.10 Å². The van der Waals surface area contributed by atoms with Crippen molar-refractivity contribution in [1.82, 2.24) is 20.2 Å². The molecule has 2 aromatic heterocycles. The fraction of sp³-hybridized carbons (Fsp3) is 0.364. The van der Waals surface area contributed by atoms with E-state index in [-0.39, 0.29) is 11.6 Å². The van der Waals surface area contributed by atoms with Gasteiger partial charge in [0.2, 0.25) is 5.09 Å². The lowest BCUT2D eigenvalue weighted by molar-refractivity contribution is 0.401. The monoisotopic (exact) mass is 284 g/mol. The molecule has 0 saturated carbocycles. The number of nitrogens with one attached hydrogen (secondary N) is 3. The normalized spacial score (nSPS) is 11.8. The van der Waals surface area contributed by atoms with Crippen LogP contribution in [0, 0.1) is 0 Å². The molecule has 104 valence electrons. The van der Waals surface area contributed by atoms with E-state index in [2.05, 4.69) is 20.2 Å². The fourth-order valence-corrected chi connectivity index (χ4v) is 2.43. The summed E-state index contributed by atoms with van der Waals surface area (Å²) in [7, 11) is -3.63. The topological polar surface area (TPSA) is 100 Å². The van der Waals surface area contributed by atoms with Crippen LogP contribution in [0.3, 0.4) is 0 Å². The highest BCUT2D eigenvalue weighted by molar-refractivity contribution is 7.89. The summed E-state index contributed by atoms with van der Waals surface area (Å²) in [5, 5.41) is 9.34. The van der Waals surface area contributed by atoms with Crippen molar-refractivity contribution in [1.29, 1.82) is 0 Å². The molecule has 0 aliphatic carbocycles. The van der Waals surface area contributed by atoms with Crippen LogP contribution in [-0.4, -0.2) is 25.2 Å². The van der Waals surface area contributed by atoms with E-state index in [4.69, 9.17) is 4.42 Å². The molecule has 8 heteroatoms. The van der Waals surface area contributed by atoms with Crippen LogP contribution in [0.1, 0.15) is 18.2 Å². The molecule has 0 amide bonds. The molecule has 19 heavy (non-hydrogen) atoms. The number of furan rings is 1. The quantitative estimate of drug-likeness (QED) is 0.691. The Balaban J connectivity index is 2.00. The van der Waals surface area contributed by atoms with Crippen molar-refractivity contribution in [2.24, 2.45) is 0 Å². The lowest BCUT2D eigenvalue weighted by Gasteiger charge is -2.02. The number of sulfonamides is 1. The summed E-state index contributed by atoms with van der Waals surface area (Å²) < 4.78 is 31.6. The fourth-order valence-electron chi connectivity index (χ4n) is 1.47. The minimum atomic E-state index is -3.63. The largest absolute Gasteiger partial charge is 0.447 e. The molecule has 0 aliphatic heterocycles. The Morgan fingerprint density at radius 1 is 1.37 bits per heavy atom. The van der Waals surface area contributed by atoms with Crippen molar-refractivity contribution in [3.8, 4) is 0 Å². The van der Waals surface area contributed by atoms with E-state index < -0.39 is 10.0 Å². The average Bonchev–Trinajstić information content (AvgIpc) is 3.05. The predicted octanol–water partition coefficient (Wildman–Crippen LogP) is 0.591. The van der Waals surface area contributed by atoms with Gasteiger partial charge in [-0.05, 0) is 18.7 Å². The zero-order chi connectivity index (χ0) is 13.7. The van der Waals surface area contributed by atoms with Crippen molar-refractivity contribution in [2.45, 2.75) is 25.1 Å². The number of aromatic amines is 1. The molecular formula is C11H16N4O3S. The van der Waals surface area contributed by atoms with Gasteiger partial charge in [0.15, 0.2) is 0 Å². The summed E-state index contributed by atoms with van der Waals surface area (Å²) >= 11 is 0. The highest BCUT2D eigenvalue weighted by Crippen LogP contribution is 2.14. The minimum Gasteiger partial charge on any atom is -0.447 e. The van der Waals surface area contributed by atoms with E-state index >= 15 is 0 Å². The zero-order valence-corrected chi connectivity index (χ0v) is 11.3. The van der Waals surface area contributed by atoms with Crippen LogP contribution < -0.4 is 10.0 Å². The zero-order valence-electron chi connectivity index (χ0n) is 10.5.